The number of nitrogens with zero attached hydrogens (tertiary/aromatic N) is 3. The zero-order valence-electron chi connectivity index (χ0n) is 15.5. The number of ether oxygens (including phenoxy) is 1. The Morgan fingerprint density at radius 1 is 0.962 bits per heavy atom. The van der Waals surface area contributed by atoms with Gasteiger partial charge in [-0.2, -0.15) is 0 Å². The summed E-state index contributed by atoms with van der Waals surface area (Å²) >= 11 is 0. The molecule has 0 N–H and O–H groups in total. The Morgan fingerprint density at radius 3 is 2.46 bits per heavy atom. The summed E-state index contributed by atoms with van der Waals surface area (Å²) in [7, 11) is 1.73. The zero-order valence-corrected chi connectivity index (χ0v) is 15.5. The number of hydrogen-bond donors (Lipinski definition) is 0. The second-order valence-corrected chi connectivity index (χ2v) is 6.92. The van der Waals surface area contributed by atoms with Crippen LogP contribution < -0.4 is 9.64 Å². The normalized spacial score (nSPS) is 15.4. The van der Waals surface area contributed by atoms with Crippen molar-refractivity contribution in [1.82, 2.24) is 9.88 Å². The van der Waals surface area contributed by atoms with Crippen LogP contribution in [0.3, 0.4) is 0 Å². The highest BCUT2D eigenvalue weighted by Gasteiger charge is 2.20. The van der Waals surface area contributed by atoms with E-state index in [1.54, 1.807) is 7.11 Å². The molecule has 26 heavy (non-hydrogen) atoms. The van der Waals surface area contributed by atoms with Crippen LogP contribution in [0.15, 0.2) is 54.6 Å². The predicted molar refractivity (Wildman–Crippen MR) is 107 cm³/mol. The van der Waals surface area contributed by atoms with Crippen molar-refractivity contribution < 1.29 is 4.74 Å². The zero-order chi connectivity index (χ0) is 17.9. The maximum absolute atomic E-state index is 5.52. The van der Waals surface area contributed by atoms with Crippen LogP contribution in [0.4, 0.5) is 5.69 Å². The predicted octanol–water partition coefficient (Wildman–Crippen LogP) is 3.87. The van der Waals surface area contributed by atoms with E-state index in [1.165, 1.54) is 11.3 Å². The van der Waals surface area contributed by atoms with Crippen molar-refractivity contribution in [3.63, 3.8) is 0 Å². The van der Waals surface area contributed by atoms with Crippen LogP contribution in [0, 0.1) is 6.92 Å². The first kappa shape index (κ1) is 16.9. The first-order valence-electron chi connectivity index (χ1n) is 9.19. The van der Waals surface area contributed by atoms with Gasteiger partial charge < -0.3 is 9.64 Å². The maximum Gasteiger partial charge on any atom is 0.121 e. The number of fused-ring (bicyclic) bond motifs is 1. The van der Waals surface area contributed by atoms with Crippen molar-refractivity contribution in [1.29, 1.82) is 0 Å². The summed E-state index contributed by atoms with van der Waals surface area (Å²) in [6.07, 6.45) is 0. The van der Waals surface area contributed by atoms with Gasteiger partial charge in [-0.25, -0.2) is 0 Å². The van der Waals surface area contributed by atoms with Crippen LogP contribution in [0.5, 0.6) is 5.75 Å². The third-order valence-corrected chi connectivity index (χ3v) is 5.08. The lowest BCUT2D eigenvalue weighted by molar-refractivity contribution is 0.250. The second-order valence-electron chi connectivity index (χ2n) is 6.92. The molecule has 0 saturated carbocycles. The fraction of sp³-hybridized carbons (Fsp3) is 0.318. The van der Waals surface area contributed by atoms with Gasteiger partial charge in [0.1, 0.15) is 5.75 Å². The van der Waals surface area contributed by atoms with Crippen LogP contribution in [0.1, 0.15) is 11.3 Å². The number of anilines is 1. The van der Waals surface area contributed by atoms with E-state index in [0.717, 1.165) is 55.1 Å². The van der Waals surface area contributed by atoms with Crippen molar-refractivity contribution in [2.45, 2.75) is 13.5 Å². The van der Waals surface area contributed by atoms with E-state index < -0.39 is 0 Å². The lowest BCUT2D eigenvalue weighted by Gasteiger charge is -2.36. The van der Waals surface area contributed by atoms with Crippen LogP contribution in [-0.2, 0) is 6.54 Å². The third kappa shape index (κ3) is 3.51. The highest BCUT2D eigenvalue weighted by Crippen LogP contribution is 2.31. The molecular weight excluding hydrogens is 322 g/mol. The number of aromatic nitrogens is 1. The molecule has 3 aromatic rings. The molecule has 0 amide bonds. The molecular formula is C22H25N3O. The topological polar surface area (TPSA) is 28.6 Å². The van der Waals surface area contributed by atoms with Gasteiger partial charge in [0.2, 0.25) is 0 Å². The lowest BCUT2D eigenvalue weighted by atomic mass is 10.1. The van der Waals surface area contributed by atoms with Gasteiger partial charge in [-0.3, -0.25) is 9.88 Å². The molecule has 0 radical (unpaired) electrons. The number of hydrogen-bond acceptors (Lipinski definition) is 4. The van der Waals surface area contributed by atoms with Crippen LogP contribution in [-0.4, -0.2) is 43.2 Å². The number of rotatable bonds is 4. The van der Waals surface area contributed by atoms with Gasteiger partial charge >= 0.3 is 0 Å². The molecule has 1 saturated heterocycles. The summed E-state index contributed by atoms with van der Waals surface area (Å²) in [5, 5.41) is 1.14. The Morgan fingerprint density at radius 2 is 1.73 bits per heavy atom. The number of aryl methyl sites for hydroxylation is 1. The second kappa shape index (κ2) is 7.34. The highest BCUT2D eigenvalue weighted by atomic mass is 16.5. The van der Waals surface area contributed by atoms with Gasteiger partial charge in [-0.05, 0) is 24.6 Å². The van der Waals surface area contributed by atoms with Crippen LogP contribution in [0.25, 0.3) is 10.9 Å². The monoisotopic (exact) mass is 347 g/mol. The molecule has 0 unspecified atom stereocenters. The summed E-state index contributed by atoms with van der Waals surface area (Å²) in [5.74, 6) is 0.893. The van der Waals surface area contributed by atoms with Gasteiger partial charge in [-0.1, -0.05) is 36.4 Å². The molecule has 1 fully saturated rings. The average Bonchev–Trinajstić information content (AvgIpc) is 2.69. The van der Waals surface area contributed by atoms with Gasteiger partial charge in [0.15, 0.2) is 0 Å². The molecule has 4 nitrogen and oxygen atoms in total. The third-order valence-electron chi connectivity index (χ3n) is 5.08. The summed E-state index contributed by atoms with van der Waals surface area (Å²) in [6, 6.07) is 19.1. The molecule has 1 aliphatic rings. The number of pyridine rings is 1. The molecule has 0 atom stereocenters. The van der Waals surface area contributed by atoms with Crippen LogP contribution in [0.2, 0.25) is 0 Å². The van der Waals surface area contributed by atoms with Crippen LogP contribution >= 0.6 is 0 Å². The fourth-order valence-corrected chi connectivity index (χ4v) is 3.63. The summed E-state index contributed by atoms with van der Waals surface area (Å²) < 4.78 is 5.52. The summed E-state index contributed by atoms with van der Waals surface area (Å²) in [5.41, 5.74) is 4.68. The number of benzene rings is 2. The van der Waals surface area contributed by atoms with Crippen molar-refractivity contribution in [2.24, 2.45) is 0 Å². The fourth-order valence-electron chi connectivity index (χ4n) is 3.63. The van der Waals surface area contributed by atoms with Gasteiger partial charge in [0.25, 0.3) is 0 Å². The molecule has 1 aliphatic heterocycles. The standard InChI is InChI=1S/C22H25N3O/c1-17-8-9-19-14-20(26-2)15-21(22(19)23-17)25-12-10-24(11-13-25)16-18-6-4-3-5-7-18/h3-9,14-15H,10-13,16H2,1-2H3. The Labute approximate surface area is 155 Å². The average molecular weight is 347 g/mol. The van der Waals surface area contributed by atoms with E-state index in [-0.39, 0.29) is 0 Å². The Bertz CT molecular complexity index is 887. The van der Waals surface area contributed by atoms with Crippen molar-refractivity contribution in [3.8, 4) is 5.75 Å². The molecule has 2 aromatic carbocycles. The molecule has 0 bridgehead atoms. The largest absolute Gasteiger partial charge is 0.497 e. The number of piperazine rings is 1. The van der Waals surface area contributed by atoms with E-state index in [0.29, 0.717) is 0 Å². The van der Waals surface area contributed by atoms with Gasteiger partial charge in [0.05, 0.1) is 18.3 Å². The van der Waals surface area contributed by atoms with E-state index in [9.17, 15) is 0 Å². The minimum absolute atomic E-state index is 0.893. The molecule has 0 spiro atoms. The Balaban J connectivity index is 1.54. The van der Waals surface area contributed by atoms with Crippen molar-refractivity contribution in [2.75, 3.05) is 38.2 Å². The van der Waals surface area contributed by atoms with E-state index in [4.69, 9.17) is 9.72 Å². The quantitative estimate of drug-likeness (QED) is 0.716. The molecule has 2 heterocycles. The first-order chi connectivity index (χ1) is 12.7. The summed E-state index contributed by atoms with van der Waals surface area (Å²) in [4.78, 5) is 9.77. The maximum atomic E-state index is 5.52. The van der Waals surface area contributed by atoms with Crippen molar-refractivity contribution >= 4 is 16.6 Å². The Hall–Kier alpha value is -2.59. The number of methoxy groups -OCH3 is 1. The van der Waals surface area contributed by atoms with E-state index >= 15 is 0 Å². The van der Waals surface area contributed by atoms with Gasteiger partial charge in [-0.15, -0.1) is 0 Å². The smallest absolute Gasteiger partial charge is 0.121 e. The van der Waals surface area contributed by atoms with E-state index in [2.05, 4.69) is 64.4 Å². The molecule has 0 aliphatic carbocycles. The SMILES string of the molecule is COc1cc(N2CCN(Cc3ccccc3)CC2)c2nc(C)ccc2c1. The Kier molecular flexibility index (Phi) is 4.76. The molecule has 4 heteroatoms. The molecule has 1 aromatic heterocycles. The van der Waals surface area contributed by atoms with E-state index in [1.807, 2.05) is 6.92 Å². The summed E-state index contributed by atoms with van der Waals surface area (Å²) in [6.45, 7) is 7.18. The molecule has 4 rings (SSSR count). The van der Waals surface area contributed by atoms with Gasteiger partial charge in [0, 0.05) is 49.9 Å². The molecule has 134 valence electrons. The first-order valence-corrected chi connectivity index (χ1v) is 9.19. The van der Waals surface area contributed by atoms with Crippen molar-refractivity contribution in [3.05, 3.63) is 65.9 Å². The highest BCUT2D eigenvalue weighted by molar-refractivity contribution is 5.92. The minimum Gasteiger partial charge on any atom is -0.497 e. The minimum atomic E-state index is 0.893. The lowest BCUT2D eigenvalue weighted by Crippen LogP contribution is -2.46.